The molecule has 35 heavy (non-hydrogen) atoms. The molecule has 0 aliphatic carbocycles. The van der Waals surface area contributed by atoms with Gasteiger partial charge in [0, 0.05) is 12.7 Å². The van der Waals surface area contributed by atoms with Crippen molar-refractivity contribution in [3.8, 4) is 11.6 Å². The number of benzene rings is 2. The fraction of sp³-hybridized carbons (Fsp3) is 0.111. The quantitative estimate of drug-likeness (QED) is 0.267. The molecule has 8 heteroatoms. The van der Waals surface area contributed by atoms with Crippen molar-refractivity contribution in [1.82, 2.24) is 14.3 Å². The van der Waals surface area contributed by atoms with E-state index in [4.69, 9.17) is 17.0 Å². The van der Waals surface area contributed by atoms with E-state index in [0.717, 1.165) is 11.1 Å². The molecule has 2 aromatic heterocycles. The number of rotatable bonds is 6. The molecular weight excluding hydrogens is 478 g/mol. The largest absolute Gasteiger partial charge is 0.438 e. The van der Waals surface area contributed by atoms with Crippen LogP contribution in [0.5, 0.6) is 11.6 Å². The molecule has 0 unspecified atom stereocenters. The highest BCUT2D eigenvalue weighted by Gasteiger charge is 2.32. The number of carbonyl (C=O) groups excluding carboxylic acids is 1. The Morgan fingerprint density at radius 1 is 1.00 bits per heavy atom. The Bertz CT molecular complexity index is 1530. The number of nitrogens with zero attached hydrogens (tertiary/aromatic N) is 3. The van der Waals surface area contributed by atoms with Crippen LogP contribution in [0, 0.1) is 6.92 Å². The first kappa shape index (κ1) is 23.0. The normalized spacial score (nSPS) is 14.8. The standard InChI is InChI=1S/C27H21N3O3S2/c1-18-9-5-6-12-21(18)33-24-20(25(31)29-15-8-7-13-23(29)28-24)17-22-26(32)30(27(34)35-22)16-14-19-10-3-2-4-11-19/h2-13,15,17H,14,16H2,1H3/b22-17+. The zero-order valence-electron chi connectivity index (χ0n) is 18.9. The Morgan fingerprint density at radius 2 is 1.74 bits per heavy atom. The van der Waals surface area contributed by atoms with Gasteiger partial charge in [-0.1, -0.05) is 78.6 Å². The van der Waals surface area contributed by atoms with E-state index in [-0.39, 0.29) is 22.9 Å². The molecule has 1 fully saturated rings. The predicted octanol–water partition coefficient (Wildman–Crippen LogP) is 5.24. The van der Waals surface area contributed by atoms with E-state index in [1.54, 1.807) is 35.4 Å². The molecular formula is C27H21N3O3S2. The van der Waals surface area contributed by atoms with Crippen LogP contribution in [0.15, 0.2) is 88.7 Å². The number of fused-ring (bicyclic) bond motifs is 1. The number of aryl methyl sites for hydroxylation is 1. The lowest BCUT2D eigenvalue weighted by molar-refractivity contribution is -0.122. The van der Waals surface area contributed by atoms with Gasteiger partial charge >= 0.3 is 0 Å². The molecule has 174 valence electrons. The molecule has 1 amide bonds. The zero-order valence-corrected chi connectivity index (χ0v) is 20.5. The van der Waals surface area contributed by atoms with E-state index in [2.05, 4.69) is 4.98 Å². The molecule has 0 atom stereocenters. The lowest BCUT2D eigenvalue weighted by Crippen LogP contribution is -2.30. The summed E-state index contributed by atoms with van der Waals surface area (Å²) >= 11 is 6.67. The monoisotopic (exact) mass is 499 g/mol. The number of para-hydroxylation sites is 1. The summed E-state index contributed by atoms with van der Waals surface area (Å²) in [5.41, 5.74) is 2.35. The van der Waals surface area contributed by atoms with Crippen LogP contribution in [0.4, 0.5) is 0 Å². The van der Waals surface area contributed by atoms with Crippen LogP contribution in [0.25, 0.3) is 11.7 Å². The Hall–Kier alpha value is -3.75. The summed E-state index contributed by atoms with van der Waals surface area (Å²) in [4.78, 5) is 33.2. The first-order valence-electron chi connectivity index (χ1n) is 11.1. The Morgan fingerprint density at radius 3 is 2.54 bits per heavy atom. The number of aromatic nitrogens is 2. The van der Waals surface area contributed by atoms with Crippen molar-refractivity contribution >= 4 is 45.9 Å². The average Bonchev–Trinajstić information content (AvgIpc) is 3.14. The number of hydrogen-bond acceptors (Lipinski definition) is 6. The summed E-state index contributed by atoms with van der Waals surface area (Å²) in [7, 11) is 0. The number of hydrogen-bond donors (Lipinski definition) is 0. The molecule has 0 N–H and O–H groups in total. The fourth-order valence-electron chi connectivity index (χ4n) is 3.77. The average molecular weight is 500 g/mol. The van der Waals surface area contributed by atoms with Crippen molar-refractivity contribution in [3.63, 3.8) is 0 Å². The van der Waals surface area contributed by atoms with E-state index < -0.39 is 0 Å². The molecule has 0 spiro atoms. The summed E-state index contributed by atoms with van der Waals surface area (Å²) in [6, 6.07) is 22.7. The SMILES string of the molecule is Cc1ccccc1Oc1nc2ccccn2c(=O)c1/C=C1/SC(=S)N(CCc2ccccc2)C1=O. The van der Waals surface area contributed by atoms with Gasteiger partial charge < -0.3 is 4.74 Å². The zero-order chi connectivity index (χ0) is 24.4. The van der Waals surface area contributed by atoms with E-state index in [1.807, 2.05) is 61.5 Å². The lowest BCUT2D eigenvalue weighted by Gasteiger charge is -2.14. The molecule has 1 saturated heterocycles. The van der Waals surface area contributed by atoms with Crippen LogP contribution in [0.3, 0.4) is 0 Å². The van der Waals surface area contributed by atoms with Crippen LogP contribution in [-0.4, -0.2) is 31.1 Å². The Labute approximate surface area is 211 Å². The van der Waals surface area contributed by atoms with Crippen LogP contribution >= 0.6 is 24.0 Å². The van der Waals surface area contributed by atoms with Crippen LogP contribution in [0.2, 0.25) is 0 Å². The second-order valence-electron chi connectivity index (χ2n) is 8.00. The second kappa shape index (κ2) is 9.85. The van der Waals surface area contributed by atoms with Gasteiger partial charge in [-0.25, -0.2) is 0 Å². The minimum absolute atomic E-state index is 0.144. The van der Waals surface area contributed by atoms with Crippen LogP contribution < -0.4 is 10.3 Å². The minimum atomic E-state index is -0.325. The molecule has 6 nitrogen and oxygen atoms in total. The molecule has 0 saturated carbocycles. The Balaban J connectivity index is 1.52. The molecule has 3 heterocycles. The number of carbonyl (C=O) groups is 1. The van der Waals surface area contributed by atoms with E-state index in [9.17, 15) is 9.59 Å². The maximum atomic E-state index is 13.4. The topological polar surface area (TPSA) is 63.9 Å². The van der Waals surface area contributed by atoms with Gasteiger partial charge in [-0.3, -0.25) is 18.9 Å². The van der Waals surface area contributed by atoms with Crippen LogP contribution in [0.1, 0.15) is 16.7 Å². The molecule has 2 aromatic carbocycles. The van der Waals surface area contributed by atoms with Gasteiger partial charge in [-0.05, 0) is 48.7 Å². The van der Waals surface area contributed by atoms with Gasteiger partial charge in [0.05, 0.1) is 4.91 Å². The highest BCUT2D eigenvalue weighted by Crippen LogP contribution is 2.34. The molecule has 0 radical (unpaired) electrons. The van der Waals surface area contributed by atoms with Crippen molar-refractivity contribution in [1.29, 1.82) is 0 Å². The first-order chi connectivity index (χ1) is 17.0. The van der Waals surface area contributed by atoms with Crippen molar-refractivity contribution in [2.24, 2.45) is 0 Å². The van der Waals surface area contributed by atoms with Crippen molar-refractivity contribution < 1.29 is 9.53 Å². The van der Waals surface area contributed by atoms with Gasteiger partial charge in [0.25, 0.3) is 11.5 Å². The lowest BCUT2D eigenvalue weighted by atomic mass is 10.1. The van der Waals surface area contributed by atoms with Crippen molar-refractivity contribution in [3.05, 3.63) is 111 Å². The van der Waals surface area contributed by atoms with Gasteiger partial charge in [0.2, 0.25) is 5.88 Å². The number of amides is 1. The summed E-state index contributed by atoms with van der Waals surface area (Å²) < 4.78 is 8.00. The molecule has 0 bridgehead atoms. The number of thiocarbonyl (C=S) groups is 1. The van der Waals surface area contributed by atoms with E-state index in [1.165, 1.54) is 16.2 Å². The third kappa shape index (κ3) is 4.76. The number of ether oxygens (including phenoxy) is 1. The fourth-order valence-corrected chi connectivity index (χ4v) is 5.06. The highest BCUT2D eigenvalue weighted by atomic mass is 32.2. The van der Waals surface area contributed by atoms with Crippen molar-refractivity contribution in [2.45, 2.75) is 13.3 Å². The molecule has 5 rings (SSSR count). The van der Waals surface area contributed by atoms with Crippen molar-refractivity contribution in [2.75, 3.05) is 6.54 Å². The maximum absolute atomic E-state index is 13.4. The smallest absolute Gasteiger partial charge is 0.269 e. The van der Waals surface area contributed by atoms with Gasteiger partial charge in [0.15, 0.2) is 0 Å². The van der Waals surface area contributed by atoms with E-state index >= 15 is 0 Å². The minimum Gasteiger partial charge on any atom is -0.438 e. The van der Waals surface area contributed by atoms with Crippen LogP contribution in [-0.2, 0) is 11.2 Å². The van der Waals surface area contributed by atoms with E-state index in [0.29, 0.717) is 33.6 Å². The summed E-state index contributed by atoms with van der Waals surface area (Å²) in [5, 5.41) is 0. The third-order valence-electron chi connectivity index (χ3n) is 5.65. The van der Waals surface area contributed by atoms with Gasteiger partial charge in [-0.2, -0.15) is 4.98 Å². The predicted molar refractivity (Wildman–Crippen MR) is 143 cm³/mol. The maximum Gasteiger partial charge on any atom is 0.269 e. The van der Waals surface area contributed by atoms with Gasteiger partial charge in [0.1, 0.15) is 21.3 Å². The Kier molecular flexibility index (Phi) is 6.48. The summed E-state index contributed by atoms with van der Waals surface area (Å²) in [5.74, 6) is 0.505. The number of pyridine rings is 1. The molecule has 4 aromatic rings. The summed E-state index contributed by atoms with van der Waals surface area (Å²) in [6.45, 7) is 2.38. The highest BCUT2D eigenvalue weighted by molar-refractivity contribution is 8.26. The second-order valence-corrected chi connectivity index (χ2v) is 9.68. The summed E-state index contributed by atoms with van der Waals surface area (Å²) in [6.07, 6.45) is 3.87. The first-order valence-corrected chi connectivity index (χ1v) is 12.3. The molecule has 1 aliphatic rings. The molecule has 1 aliphatic heterocycles. The number of thioether (sulfide) groups is 1. The van der Waals surface area contributed by atoms with Gasteiger partial charge in [-0.15, -0.1) is 0 Å². The third-order valence-corrected chi connectivity index (χ3v) is 7.03.